The molecule has 1 heterocycles. The van der Waals surface area contributed by atoms with Crippen LogP contribution < -0.4 is 19.5 Å². The lowest BCUT2D eigenvalue weighted by molar-refractivity contribution is -0.116. The number of nitrogens with one attached hydrogen (secondary N) is 1. The lowest BCUT2D eigenvalue weighted by Crippen LogP contribution is -2.21. The van der Waals surface area contributed by atoms with Gasteiger partial charge >= 0.3 is 0 Å². The van der Waals surface area contributed by atoms with Crippen LogP contribution in [0.3, 0.4) is 0 Å². The van der Waals surface area contributed by atoms with Gasteiger partial charge in [0.25, 0.3) is 0 Å². The van der Waals surface area contributed by atoms with E-state index in [0.717, 1.165) is 44.7 Å². The summed E-state index contributed by atoms with van der Waals surface area (Å²) in [5.41, 5.74) is 5.00. The maximum atomic E-state index is 12.7. The molecule has 174 valence electrons. The molecule has 1 aromatic heterocycles. The number of hydrogen-bond acceptors (Lipinski definition) is 5. The van der Waals surface area contributed by atoms with Crippen LogP contribution in [0.1, 0.15) is 18.1 Å². The average Bonchev–Trinajstić information content (AvgIpc) is 3.29. The Balaban J connectivity index is 1.65. The summed E-state index contributed by atoms with van der Waals surface area (Å²) < 4.78 is 22.3. The third kappa shape index (κ3) is 4.62. The molecule has 0 aliphatic heterocycles. The third-order valence-corrected chi connectivity index (χ3v) is 5.71. The Morgan fingerprint density at radius 1 is 0.882 bits per heavy atom. The molecule has 0 saturated carbocycles. The predicted molar refractivity (Wildman–Crippen MR) is 133 cm³/mol. The van der Waals surface area contributed by atoms with Crippen molar-refractivity contribution in [2.45, 2.75) is 13.5 Å². The first-order valence-corrected chi connectivity index (χ1v) is 10.9. The number of furan rings is 1. The average molecular weight is 458 g/mol. The quantitative estimate of drug-likeness (QED) is 0.336. The summed E-state index contributed by atoms with van der Waals surface area (Å²) in [5.74, 6) is 1.91. The molecule has 0 aliphatic carbocycles. The van der Waals surface area contributed by atoms with Crippen molar-refractivity contribution >= 4 is 22.4 Å². The van der Waals surface area contributed by atoms with E-state index < -0.39 is 0 Å². The van der Waals surface area contributed by atoms with Gasteiger partial charge in [-0.3, -0.25) is 4.79 Å². The zero-order valence-corrected chi connectivity index (χ0v) is 19.7. The summed E-state index contributed by atoms with van der Waals surface area (Å²) in [7, 11) is 4.86. The van der Waals surface area contributed by atoms with Gasteiger partial charge in [0, 0.05) is 46.3 Å². The minimum atomic E-state index is -0.206. The number of carbonyl (C=O) groups is 1. The van der Waals surface area contributed by atoms with E-state index in [0.29, 0.717) is 17.9 Å². The van der Waals surface area contributed by atoms with Gasteiger partial charge in [0.05, 0.1) is 27.6 Å². The van der Waals surface area contributed by atoms with E-state index in [4.69, 9.17) is 18.6 Å². The van der Waals surface area contributed by atoms with Gasteiger partial charge in [-0.1, -0.05) is 36.4 Å². The lowest BCUT2D eigenvalue weighted by Gasteiger charge is -2.11. The topological polar surface area (TPSA) is 69.9 Å². The molecule has 0 fully saturated rings. The zero-order valence-electron chi connectivity index (χ0n) is 19.7. The number of methoxy groups -OCH3 is 3. The van der Waals surface area contributed by atoms with E-state index >= 15 is 0 Å². The molecule has 0 saturated heterocycles. The third-order valence-electron chi connectivity index (χ3n) is 5.71. The zero-order chi connectivity index (χ0) is 24.1. The molecule has 6 heteroatoms. The maximum absolute atomic E-state index is 12.7. The normalized spacial score (nSPS) is 11.4. The Kier molecular flexibility index (Phi) is 6.87. The Labute approximate surface area is 198 Å². The Hall–Kier alpha value is -4.19. The SMILES string of the molecule is COc1ccccc1CNC(=O)/C=C(\C)c1cc2c(-c3ccccc3OC)coc2cc1OC. The number of benzene rings is 3. The molecule has 1 N–H and O–H groups in total. The van der Waals surface area contributed by atoms with Crippen molar-refractivity contribution in [3.8, 4) is 28.4 Å². The first-order valence-electron chi connectivity index (χ1n) is 10.9. The van der Waals surface area contributed by atoms with Gasteiger partial charge in [-0.15, -0.1) is 0 Å². The van der Waals surface area contributed by atoms with Gasteiger partial charge in [0.15, 0.2) is 0 Å². The molecule has 1 amide bonds. The van der Waals surface area contributed by atoms with Crippen LogP contribution in [0.5, 0.6) is 17.2 Å². The van der Waals surface area contributed by atoms with E-state index in [9.17, 15) is 4.79 Å². The number of allylic oxidation sites excluding steroid dienone is 1. The fraction of sp³-hybridized carbons (Fsp3) is 0.179. The second-order valence-corrected chi connectivity index (χ2v) is 7.76. The summed E-state index contributed by atoms with van der Waals surface area (Å²) in [6, 6.07) is 19.2. The predicted octanol–water partition coefficient (Wildman–Crippen LogP) is 5.85. The highest BCUT2D eigenvalue weighted by atomic mass is 16.5. The molecular formula is C28H27NO5. The van der Waals surface area contributed by atoms with Crippen LogP contribution in [-0.4, -0.2) is 27.2 Å². The summed E-state index contributed by atoms with van der Waals surface area (Å²) in [6.45, 7) is 2.25. The van der Waals surface area contributed by atoms with Crippen molar-refractivity contribution in [2.75, 3.05) is 21.3 Å². The first kappa shape index (κ1) is 23.0. The van der Waals surface area contributed by atoms with Gasteiger partial charge in [-0.2, -0.15) is 0 Å². The largest absolute Gasteiger partial charge is 0.496 e. The van der Waals surface area contributed by atoms with Crippen molar-refractivity contribution in [3.05, 3.63) is 84.1 Å². The number of amides is 1. The minimum Gasteiger partial charge on any atom is -0.496 e. The van der Waals surface area contributed by atoms with Crippen LogP contribution in [-0.2, 0) is 11.3 Å². The van der Waals surface area contributed by atoms with Crippen LogP contribution in [0.15, 0.2) is 77.4 Å². The number of ether oxygens (including phenoxy) is 3. The molecule has 0 spiro atoms. The summed E-state index contributed by atoms with van der Waals surface area (Å²) in [6.07, 6.45) is 3.28. The van der Waals surface area contributed by atoms with E-state index in [2.05, 4.69) is 5.32 Å². The van der Waals surface area contributed by atoms with E-state index in [-0.39, 0.29) is 5.91 Å². The second kappa shape index (κ2) is 10.2. The number of fused-ring (bicyclic) bond motifs is 1. The molecule has 4 rings (SSSR count). The number of hydrogen-bond donors (Lipinski definition) is 1. The Bertz CT molecular complexity index is 1350. The van der Waals surface area contributed by atoms with Gasteiger partial charge in [-0.25, -0.2) is 0 Å². The van der Waals surface area contributed by atoms with Gasteiger partial charge < -0.3 is 23.9 Å². The van der Waals surface area contributed by atoms with Crippen LogP contribution >= 0.6 is 0 Å². The maximum Gasteiger partial charge on any atom is 0.244 e. The van der Waals surface area contributed by atoms with Crippen molar-refractivity contribution < 1.29 is 23.4 Å². The van der Waals surface area contributed by atoms with Crippen molar-refractivity contribution in [1.82, 2.24) is 5.32 Å². The Morgan fingerprint density at radius 2 is 1.56 bits per heavy atom. The highest BCUT2D eigenvalue weighted by Crippen LogP contribution is 2.40. The first-order chi connectivity index (χ1) is 16.5. The molecule has 0 atom stereocenters. The number of rotatable bonds is 8. The van der Waals surface area contributed by atoms with Crippen LogP contribution in [0.2, 0.25) is 0 Å². The fourth-order valence-electron chi connectivity index (χ4n) is 3.96. The molecular weight excluding hydrogens is 430 g/mol. The van der Waals surface area contributed by atoms with E-state index in [1.54, 1.807) is 33.7 Å². The van der Waals surface area contributed by atoms with E-state index in [1.165, 1.54) is 0 Å². The molecule has 0 radical (unpaired) electrons. The van der Waals surface area contributed by atoms with Crippen molar-refractivity contribution in [1.29, 1.82) is 0 Å². The van der Waals surface area contributed by atoms with Gasteiger partial charge in [-0.05, 0) is 30.7 Å². The monoisotopic (exact) mass is 457 g/mol. The van der Waals surface area contributed by atoms with Gasteiger partial charge in [0.1, 0.15) is 22.8 Å². The van der Waals surface area contributed by atoms with Crippen LogP contribution in [0.4, 0.5) is 0 Å². The highest BCUT2D eigenvalue weighted by molar-refractivity contribution is 6.01. The lowest BCUT2D eigenvalue weighted by atomic mass is 9.98. The second-order valence-electron chi connectivity index (χ2n) is 7.76. The number of carbonyl (C=O) groups excluding carboxylic acids is 1. The van der Waals surface area contributed by atoms with Crippen molar-refractivity contribution in [2.24, 2.45) is 0 Å². The fourth-order valence-corrected chi connectivity index (χ4v) is 3.96. The minimum absolute atomic E-state index is 0.206. The molecule has 3 aromatic carbocycles. The van der Waals surface area contributed by atoms with Crippen LogP contribution in [0.25, 0.3) is 27.7 Å². The Morgan fingerprint density at radius 3 is 2.29 bits per heavy atom. The summed E-state index contributed by atoms with van der Waals surface area (Å²) >= 11 is 0. The standard InChI is InChI=1S/C28H27NO5/c1-18(13-28(30)29-16-19-9-5-7-11-24(19)31-2)21-14-22-23(17-34-27(22)15-26(21)33-4)20-10-6-8-12-25(20)32-3/h5-15,17H,16H2,1-4H3,(H,29,30)/b18-13+. The number of para-hydroxylation sites is 2. The van der Waals surface area contributed by atoms with Crippen LogP contribution in [0, 0.1) is 0 Å². The molecule has 0 aliphatic rings. The smallest absolute Gasteiger partial charge is 0.244 e. The molecule has 6 nitrogen and oxygen atoms in total. The molecule has 0 bridgehead atoms. The molecule has 0 unspecified atom stereocenters. The summed E-state index contributed by atoms with van der Waals surface area (Å²) in [4.78, 5) is 12.7. The molecule has 4 aromatic rings. The highest BCUT2D eigenvalue weighted by Gasteiger charge is 2.17. The van der Waals surface area contributed by atoms with Gasteiger partial charge in [0.2, 0.25) is 5.91 Å². The summed E-state index contributed by atoms with van der Waals surface area (Å²) in [5, 5.41) is 3.83. The van der Waals surface area contributed by atoms with E-state index in [1.807, 2.05) is 67.6 Å². The van der Waals surface area contributed by atoms with Crippen molar-refractivity contribution in [3.63, 3.8) is 0 Å². The molecule has 34 heavy (non-hydrogen) atoms.